The zero-order valence-corrected chi connectivity index (χ0v) is 13.0. The number of aliphatic carboxylic acids is 1. The topological polar surface area (TPSA) is 97.2 Å². The summed E-state index contributed by atoms with van der Waals surface area (Å²) >= 11 is 1.04. The monoisotopic (exact) mass is 319 g/mol. The number of hydrogen-bond acceptors (Lipinski definition) is 7. The molecule has 22 heavy (non-hydrogen) atoms. The second-order valence-corrected chi connectivity index (χ2v) is 6.00. The van der Waals surface area contributed by atoms with Crippen molar-refractivity contribution in [2.45, 2.75) is 11.7 Å². The van der Waals surface area contributed by atoms with Crippen LogP contribution in [-0.2, 0) is 9.59 Å². The maximum Gasteiger partial charge on any atom is 0.239 e. The Morgan fingerprint density at radius 2 is 2.09 bits per heavy atom. The summed E-state index contributed by atoms with van der Waals surface area (Å²) in [7, 11) is 3.91. The number of hydrogen-bond donors (Lipinski definition) is 1. The Kier molecular flexibility index (Phi) is 5.16. The van der Waals surface area contributed by atoms with Gasteiger partial charge < -0.3 is 20.1 Å². The van der Waals surface area contributed by atoms with E-state index in [1.807, 2.05) is 43.3 Å². The molecule has 1 aliphatic heterocycles. The van der Waals surface area contributed by atoms with Crippen LogP contribution in [0.5, 0.6) is 0 Å². The Labute approximate surface area is 132 Å². The third-order valence-electron chi connectivity index (χ3n) is 2.89. The molecule has 0 spiro atoms. The lowest BCUT2D eigenvalue weighted by atomic mass is 10.2. The van der Waals surface area contributed by atoms with Crippen molar-refractivity contribution in [2.24, 2.45) is 10.2 Å². The van der Waals surface area contributed by atoms with Crippen molar-refractivity contribution in [3.8, 4) is 0 Å². The maximum atomic E-state index is 11.5. The Bertz CT molecular complexity index is 625. The minimum Gasteiger partial charge on any atom is -0.550 e. The number of amides is 1. The molecule has 1 saturated heterocycles. The smallest absolute Gasteiger partial charge is 0.239 e. The molecule has 0 aliphatic carbocycles. The van der Waals surface area contributed by atoms with Crippen LogP contribution in [0, 0.1) is 0 Å². The summed E-state index contributed by atoms with van der Waals surface area (Å²) in [6, 6.07) is 7.71. The quantitative estimate of drug-likeness (QED) is 0.599. The van der Waals surface area contributed by atoms with Crippen molar-refractivity contribution >= 4 is 40.7 Å². The van der Waals surface area contributed by atoms with Crippen LogP contribution >= 0.6 is 11.8 Å². The molecule has 7 nitrogen and oxygen atoms in total. The van der Waals surface area contributed by atoms with E-state index in [4.69, 9.17) is 0 Å². The van der Waals surface area contributed by atoms with Gasteiger partial charge in [0.05, 0.1) is 11.5 Å². The number of carboxylic acids is 1. The van der Waals surface area contributed by atoms with E-state index in [-0.39, 0.29) is 11.6 Å². The zero-order valence-electron chi connectivity index (χ0n) is 12.1. The van der Waals surface area contributed by atoms with Gasteiger partial charge in [0.25, 0.3) is 0 Å². The second-order valence-electron chi connectivity index (χ2n) is 4.81. The van der Waals surface area contributed by atoms with E-state index in [1.54, 1.807) is 6.21 Å². The lowest BCUT2D eigenvalue weighted by Crippen LogP contribution is -2.31. The highest BCUT2D eigenvalue weighted by molar-refractivity contribution is 8.15. The number of carbonyl (C=O) groups excluding carboxylic acids is 2. The number of rotatable bonds is 5. The van der Waals surface area contributed by atoms with Crippen LogP contribution in [-0.4, -0.2) is 42.6 Å². The first-order valence-corrected chi connectivity index (χ1v) is 7.39. The zero-order chi connectivity index (χ0) is 16.1. The fraction of sp³-hybridized carbons (Fsp3) is 0.286. The van der Waals surface area contributed by atoms with Gasteiger partial charge >= 0.3 is 0 Å². The van der Waals surface area contributed by atoms with Crippen molar-refractivity contribution in [2.75, 3.05) is 19.0 Å². The van der Waals surface area contributed by atoms with Crippen molar-refractivity contribution < 1.29 is 14.7 Å². The van der Waals surface area contributed by atoms with Gasteiger partial charge in [-0.25, -0.2) is 0 Å². The van der Waals surface area contributed by atoms with Crippen LogP contribution in [0.2, 0.25) is 0 Å². The number of amidine groups is 1. The average Bonchev–Trinajstić information content (AvgIpc) is 2.79. The minimum atomic E-state index is -1.27. The van der Waals surface area contributed by atoms with Crippen LogP contribution in [0.4, 0.5) is 5.69 Å². The minimum absolute atomic E-state index is 0.289. The molecule has 1 heterocycles. The first-order chi connectivity index (χ1) is 10.5. The Morgan fingerprint density at radius 3 is 2.68 bits per heavy atom. The second kappa shape index (κ2) is 7.08. The lowest BCUT2D eigenvalue weighted by Gasteiger charge is -2.11. The number of nitrogens with one attached hydrogen (secondary N) is 1. The van der Waals surface area contributed by atoms with Crippen molar-refractivity contribution in [3.63, 3.8) is 0 Å². The number of anilines is 1. The highest BCUT2D eigenvalue weighted by Crippen LogP contribution is 2.21. The van der Waals surface area contributed by atoms with Gasteiger partial charge in [0.2, 0.25) is 5.91 Å². The molecule has 0 aromatic heterocycles. The molecule has 1 N–H and O–H groups in total. The van der Waals surface area contributed by atoms with E-state index in [9.17, 15) is 14.7 Å². The fourth-order valence-corrected chi connectivity index (χ4v) is 2.65. The summed E-state index contributed by atoms with van der Waals surface area (Å²) < 4.78 is 0. The van der Waals surface area contributed by atoms with Crippen LogP contribution in [0.3, 0.4) is 0 Å². The molecule has 2 rings (SSSR count). The van der Waals surface area contributed by atoms with Gasteiger partial charge in [-0.15, -0.1) is 5.10 Å². The summed E-state index contributed by atoms with van der Waals surface area (Å²) in [6.07, 6.45) is 1.22. The van der Waals surface area contributed by atoms with E-state index < -0.39 is 17.1 Å². The number of thioether (sulfide) groups is 1. The molecule has 1 aromatic carbocycles. The van der Waals surface area contributed by atoms with Crippen LogP contribution in [0.25, 0.3) is 0 Å². The van der Waals surface area contributed by atoms with E-state index in [0.717, 1.165) is 23.0 Å². The van der Waals surface area contributed by atoms with Crippen LogP contribution in [0.15, 0.2) is 34.5 Å². The maximum absolute atomic E-state index is 11.5. The first kappa shape index (κ1) is 16.0. The first-order valence-electron chi connectivity index (χ1n) is 6.51. The van der Waals surface area contributed by atoms with Gasteiger partial charge in [-0.05, 0) is 17.7 Å². The van der Waals surface area contributed by atoms with Gasteiger partial charge in [-0.3, -0.25) is 4.79 Å². The summed E-state index contributed by atoms with van der Waals surface area (Å²) in [5, 5.41) is 20.3. The Hall–Kier alpha value is -2.35. The Balaban J connectivity index is 1.96. The Morgan fingerprint density at radius 1 is 1.41 bits per heavy atom. The van der Waals surface area contributed by atoms with Crippen molar-refractivity contribution in [3.05, 3.63) is 29.8 Å². The molecule has 8 heteroatoms. The molecular weight excluding hydrogens is 304 g/mol. The SMILES string of the molecule is CN(C)c1ccc(/C=N\N=C2\NC(=O)[C@H](CC(=O)[O-])S2)cc1. The molecule has 0 bridgehead atoms. The van der Waals surface area contributed by atoms with Gasteiger partial charge in [0.1, 0.15) is 0 Å². The van der Waals surface area contributed by atoms with Crippen LogP contribution < -0.4 is 15.3 Å². The molecule has 0 saturated carbocycles. The normalized spacial score (nSPS) is 19.6. The number of carboxylic acid groups (broad SMARTS) is 1. The van der Waals surface area contributed by atoms with E-state index in [0.29, 0.717) is 0 Å². The van der Waals surface area contributed by atoms with E-state index >= 15 is 0 Å². The highest BCUT2D eigenvalue weighted by atomic mass is 32.2. The largest absolute Gasteiger partial charge is 0.550 e. The molecule has 116 valence electrons. The van der Waals surface area contributed by atoms with E-state index in [2.05, 4.69) is 15.5 Å². The molecule has 1 amide bonds. The third kappa shape index (κ3) is 4.32. The van der Waals surface area contributed by atoms with Gasteiger partial charge in [0, 0.05) is 32.2 Å². The molecule has 1 atom stereocenters. The standard InChI is InChI=1S/C14H16N4O3S/c1-18(2)10-5-3-9(4-6-10)8-15-17-14-16-13(21)11(22-14)7-12(19)20/h3-6,8,11H,7H2,1-2H3,(H,19,20)(H,16,17,21)/p-1/b15-8-/t11-/m0/s1. The van der Waals surface area contributed by atoms with Crippen molar-refractivity contribution in [1.82, 2.24) is 5.32 Å². The summed E-state index contributed by atoms with van der Waals surface area (Å²) in [5.41, 5.74) is 1.95. The summed E-state index contributed by atoms with van der Waals surface area (Å²) in [5.74, 6) is -1.66. The fourth-order valence-electron chi connectivity index (χ4n) is 1.74. The third-order valence-corrected chi connectivity index (χ3v) is 3.97. The molecule has 1 aromatic rings. The molecular formula is C14H15N4O3S-. The predicted molar refractivity (Wildman–Crippen MR) is 84.9 cm³/mol. The van der Waals surface area contributed by atoms with Gasteiger partial charge in [0.15, 0.2) is 5.17 Å². The van der Waals surface area contributed by atoms with E-state index in [1.165, 1.54) is 0 Å². The lowest BCUT2D eigenvalue weighted by molar-refractivity contribution is -0.305. The average molecular weight is 319 g/mol. The molecule has 1 aliphatic rings. The number of nitrogens with zero attached hydrogens (tertiary/aromatic N) is 3. The highest BCUT2D eigenvalue weighted by Gasteiger charge is 2.30. The van der Waals surface area contributed by atoms with Crippen molar-refractivity contribution in [1.29, 1.82) is 0 Å². The van der Waals surface area contributed by atoms with Crippen LogP contribution in [0.1, 0.15) is 12.0 Å². The number of benzene rings is 1. The van der Waals surface area contributed by atoms with Gasteiger partial charge in [-0.2, -0.15) is 5.10 Å². The predicted octanol–water partition coefficient (Wildman–Crippen LogP) is -0.186. The summed E-state index contributed by atoms with van der Waals surface area (Å²) in [4.78, 5) is 24.0. The van der Waals surface area contributed by atoms with Gasteiger partial charge in [-0.1, -0.05) is 23.9 Å². The molecule has 0 unspecified atom stereocenters. The summed E-state index contributed by atoms with van der Waals surface area (Å²) in [6.45, 7) is 0. The number of carbonyl (C=O) groups is 2. The molecule has 0 radical (unpaired) electrons. The molecule has 1 fully saturated rings.